The van der Waals surface area contributed by atoms with Gasteiger partial charge in [0.1, 0.15) is 0 Å². The van der Waals surface area contributed by atoms with Crippen LogP contribution in [0, 0.1) is 17.8 Å². The Hall–Kier alpha value is -1.35. The topological polar surface area (TPSA) is 58.4 Å². The quantitative estimate of drug-likeness (QED) is 0.786. The van der Waals surface area contributed by atoms with Crippen LogP contribution in [0.15, 0.2) is 12.1 Å². The molecule has 0 aliphatic carbocycles. The summed E-state index contributed by atoms with van der Waals surface area (Å²) in [6, 6.07) is 4.09. The van der Waals surface area contributed by atoms with Gasteiger partial charge >= 0.3 is 0 Å². The van der Waals surface area contributed by atoms with Crippen LogP contribution in [-0.2, 0) is 11.3 Å². The minimum Gasteiger partial charge on any atom is -0.359 e. The molecule has 1 heterocycles. The van der Waals surface area contributed by atoms with Gasteiger partial charge in [0.05, 0.1) is 11.4 Å². The molecule has 1 unspecified atom stereocenters. The van der Waals surface area contributed by atoms with Crippen LogP contribution in [0.4, 0.5) is 0 Å². The van der Waals surface area contributed by atoms with Crippen LogP contribution in [0.5, 0.6) is 0 Å². The van der Waals surface area contributed by atoms with Gasteiger partial charge in [-0.15, -0.1) is 11.3 Å². The number of rotatable bonds is 5. The highest BCUT2D eigenvalue weighted by atomic mass is 32.1. The maximum atomic E-state index is 11.5. The standard InChI is InChI=1S/C14H21N3OS/c1-11(14(18)16-2)9-17(3)10-13-7-6-12(19-13)5-4-8-15/h6-7,11H,8-10,15H2,1-3H3,(H,16,18). The second-order valence-electron chi connectivity index (χ2n) is 4.48. The third kappa shape index (κ3) is 5.43. The number of nitrogens with two attached hydrogens (primary N) is 1. The summed E-state index contributed by atoms with van der Waals surface area (Å²) in [4.78, 5) is 15.9. The first-order valence-corrected chi connectivity index (χ1v) is 7.06. The minimum absolute atomic E-state index is 0.00790. The molecule has 19 heavy (non-hydrogen) atoms. The van der Waals surface area contributed by atoms with E-state index in [0.29, 0.717) is 6.54 Å². The molecule has 1 amide bonds. The number of nitrogens with one attached hydrogen (secondary N) is 1. The SMILES string of the molecule is CNC(=O)C(C)CN(C)Cc1ccc(C#CCN)s1. The minimum atomic E-state index is -0.00790. The second-order valence-corrected chi connectivity index (χ2v) is 5.65. The Balaban J connectivity index is 2.50. The van der Waals surface area contributed by atoms with Crippen molar-refractivity contribution in [2.24, 2.45) is 11.7 Å². The van der Waals surface area contributed by atoms with Crippen molar-refractivity contribution < 1.29 is 4.79 Å². The van der Waals surface area contributed by atoms with E-state index in [2.05, 4.69) is 28.1 Å². The zero-order valence-corrected chi connectivity index (χ0v) is 12.5. The van der Waals surface area contributed by atoms with Gasteiger partial charge in [0.25, 0.3) is 0 Å². The Labute approximate surface area is 119 Å². The molecule has 0 aliphatic heterocycles. The monoisotopic (exact) mass is 279 g/mol. The highest BCUT2D eigenvalue weighted by molar-refractivity contribution is 7.12. The van der Waals surface area contributed by atoms with Gasteiger partial charge in [0.2, 0.25) is 5.91 Å². The number of carbonyl (C=O) groups is 1. The summed E-state index contributed by atoms with van der Waals surface area (Å²) >= 11 is 1.67. The predicted molar refractivity (Wildman–Crippen MR) is 79.8 cm³/mol. The lowest BCUT2D eigenvalue weighted by Gasteiger charge is -2.19. The molecule has 3 N–H and O–H groups in total. The first-order chi connectivity index (χ1) is 9.06. The van der Waals surface area contributed by atoms with Crippen molar-refractivity contribution in [1.29, 1.82) is 0 Å². The van der Waals surface area contributed by atoms with Crippen LogP contribution in [0.2, 0.25) is 0 Å². The third-order valence-corrected chi connectivity index (χ3v) is 3.67. The van der Waals surface area contributed by atoms with E-state index in [9.17, 15) is 4.79 Å². The first-order valence-electron chi connectivity index (χ1n) is 6.24. The summed E-state index contributed by atoms with van der Waals surface area (Å²) in [5.41, 5.74) is 5.35. The van der Waals surface area contributed by atoms with Crippen molar-refractivity contribution in [2.75, 3.05) is 27.2 Å². The Morgan fingerprint density at radius 2 is 2.32 bits per heavy atom. The summed E-state index contributed by atoms with van der Waals surface area (Å²) in [6.45, 7) is 3.89. The van der Waals surface area contributed by atoms with E-state index in [-0.39, 0.29) is 11.8 Å². The highest BCUT2D eigenvalue weighted by Gasteiger charge is 2.14. The molecule has 0 spiro atoms. The van der Waals surface area contributed by atoms with Gasteiger partial charge in [-0.2, -0.15) is 0 Å². The average molecular weight is 279 g/mol. The lowest BCUT2D eigenvalue weighted by molar-refractivity contribution is -0.124. The van der Waals surface area contributed by atoms with Crippen LogP contribution in [-0.4, -0.2) is 38.0 Å². The van der Waals surface area contributed by atoms with Gasteiger partial charge in [-0.3, -0.25) is 4.79 Å². The van der Waals surface area contributed by atoms with Gasteiger partial charge in [-0.1, -0.05) is 18.8 Å². The summed E-state index contributed by atoms with van der Waals surface area (Å²) in [5, 5.41) is 2.67. The van der Waals surface area contributed by atoms with Crippen molar-refractivity contribution in [2.45, 2.75) is 13.5 Å². The van der Waals surface area contributed by atoms with E-state index < -0.39 is 0 Å². The molecule has 0 aliphatic rings. The molecule has 0 fully saturated rings. The summed E-state index contributed by atoms with van der Waals surface area (Å²) < 4.78 is 0. The molecule has 1 rings (SSSR count). The lowest BCUT2D eigenvalue weighted by atomic mass is 10.1. The largest absolute Gasteiger partial charge is 0.359 e. The fourth-order valence-corrected chi connectivity index (χ4v) is 2.76. The molecule has 0 bridgehead atoms. The molecule has 104 valence electrons. The average Bonchev–Trinajstić information content (AvgIpc) is 2.82. The van der Waals surface area contributed by atoms with Crippen LogP contribution < -0.4 is 11.1 Å². The summed E-state index contributed by atoms with van der Waals surface area (Å²) in [6.07, 6.45) is 0. The van der Waals surface area contributed by atoms with Gasteiger partial charge in [-0.05, 0) is 19.2 Å². The van der Waals surface area contributed by atoms with E-state index in [0.717, 1.165) is 18.0 Å². The van der Waals surface area contributed by atoms with Crippen molar-refractivity contribution in [3.8, 4) is 11.8 Å². The van der Waals surface area contributed by atoms with E-state index in [1.807, 2.05) is 20.0 Å². The third-order valence-electron chi connectivity index (χ3n) is 2.68. The predicted octanol–water partition coefficient (Wildman–Crippen LogP) is 0.872. The molecule has 5 heteroatoms. The van der Waals surface area contributed by atoms with Crippen molar-refractivity contribution in [3.05, 3.63) is 21.9 Å². The molecule has 1 atom stereocenters. The van der Waals surface area contributed by atoms with Crippen LogP contribution in [0.1, 0.15) is 16.7 Å². The van der Waals surface area contributed by atoms with Gasteiger partial charge in [-0.25, -0.2) is 0 Å². The molecular formula is C14H21N3OS. The Morgan fingerprint density at radius 3 is 2.95 bits per heavy atom. The number of hydrogen-bond donors (Lipinski definition) is 2. The van der Waals surface area contributed by atoms with E-state index in [1.54, 1.807) is 18.4 Å². The van der Waals surface area contributed by atoms with E-state index in [1.165, 1.54) is 4.88 Å². The Morgan fingerprint density at radius 1 is 1.58 bits per heavy atom. The molecule has 0 saturated heterocycles. The number of nitrogens with zero attached hydrogens (tertiary/aromatic N) is 1. The first kappa shape index (κ1) is 15.7. The lowest BCUT2D eigenvalue weighted by Crippen LogP contribution is -2.33. The molecule has 0 aromatic carbocycles. The molecule has 1 aromatic heterocycles. The zero-order valence-electron chi connectivity index (χ0n) is 11.7. The number of amides is 1. The van der Waals surface area contributed by atoms with E-state index in [4.69, 9.17) is 5.73 Å². The van der Waals surface area contributed by atoms with Gasteiger partial charge < -0.3 is 16.0 Å². The van der Waals surface area contributed by atoms with Gasteiger partial charge in [0, 0.05) is 30.9 Å². The maximum absolute atomic E-state index is 11.5. The number of thiophene rings is 1. The molecule has 4 nitrogen and oxygen atoms in total. The molecule has 0 saturated carbocycles. The molecule has 0 radical (unpaired) electrons. The van der Waals surface area contributed by atoms with E-state index >= 15 is 0 Å². The van der Waals surface area contributed by atoms with Crippen molar-refractivity contribution in [1.82, 2.24) is 10.2 Å². The Bertz CT molecular complexity index is 473. The fraction of sp³-hybridized carbons (Fsp3) is 0.500. The van der Waals surface area contributed by atoms with Crippen molar-refractivity contribution >= 4 is 17.2 Å². The highest BCUT2D eigenvalue weighted by Crippen LogP contribution is 2.17. The van der Waals surface area contributed by atoms with Crippen LogP contribution in [0.25, 0.3) is 0 Å². The fourth-order valence-electron chi connectivity index (χ4n) is 1.80. The van der Waals surface area contributed by atoms with Gasteiger partial charge in [0.15, 0.2) is 0 Å². The van der Waals surface area contributed by atoms with Crippen molar-refractivity contribution in [3.63, 3.8) is 0 Å². The van der Waals surface area contributed by atoms with Crippen LogP contribution in [0.3, 0.4) is 0 Å². The second kappa shape index (κ2) is 7.95. The molecular weight excluding hydrogens is 258 g/mol. The molecule has 1 aromatic rings. The normalized spacial score (nSPS) is 11.8. The number of carbonyl (C=O) groups excluding carboxylic acids is 1. The summed E-state index contributed by atoms with van der Waals surface area (Å²) in [7, 11) is 3.69. The zero-order chi connectivity index (χ0) is 14.3. The smallest absolute Gasteiger partial charge is 0.223 e. The number of hydrogen-bond acceptors (Lipinski definition) is 4. The summed E-state index contributed by atoms with van der Waals surface area (Å²) in [5.74, 6) is 5.94. The van der Waals surface area contributed by atoms with Crippen LogP contribution >= 0.6 is 11.3 Å². The Kier molecular flexibility index (Phi) is 6.57. The maximum Gasteiger partial charge on any atom is 0.223 e.